The predicted octanol–water partition coefficient (Wildman–Crippen LogP) is 6.63. The van der Waals surface area contributed by atoms with E-state index in [4.69, 9.17) is 0 Å². The maximum Gasteiger partial charge on any atom is 0.189 e. The third-order valence-corrected chi connectivity index (χ3v) is 5.79. The number of carbonyl (C=O) groups is 2. The highest BCUT2D eigenvalue weighted by Crippen LogP contribution is 2.30. The van der Waals surface area contributed by atoms with Crippen LogP contribution in [0.2, 0.25) is 0 Å². The number of aromatic nitrogens is 1. The summed E-state index contributed by atoms with van der Waals surface area (Å²) in [6, 6.07) is 10.2. The van der Waals surface area contributed by atoms with E-state index in [2.05, 4.69) is 18.1 Å². The van der Waals surface area contributed by atoms with Crippen LogP contribution in [0.5, 0.6) is 0 Å². The fourth-order valence-electron chi connectivity index (χ4n) is 3.93. The van der Waals surface area contributed by atoms with Crippen LogP contribution in [-0.4, -0.2) is 16.6 Å². The molecule has 0 saturated heterocycles. The Morgan fingerprint density at radius 3 is 2.53 bits per heavy atom. The van der Waals surface area contributed by atoms with Gasteiger partial charge >= 0.3 is 0 Å². The smallest absolute Gasteiger partial charge is 0.189 e. The SMILES string of the molecule is C=C(Cc1cccnc1)C(=O)C1=CC=C(C(=O)CCC)CC=C1C(=C)CCc1cccc(F)c1. The highest BCUT2D eigenvalue weighted by Gasteiger charge is 2.22. The predicted molar refractivity (Wildman–Crippen MR) is 135 cm³/mol. The molecule has 0 atom stereocenters. The molecule has 0 aliphatic heterocycles. The number of carbonyl (C=O) groups excluding carboxylic acids is 2. The molecule has 3 nitrogen and oxygen atoms in total. The lowest BCUT2D eigenvalue weighted by molar-refractivity contribution is -0.115. The van der Waals surface area contributed by atoms with Crippen LogP contribution in [-0.2, 0) is 22.4 Å². The van der Waals surface area contributed by atoms with Crippen molar-refractivity contribution in [1.82, 2.24) is 4.98 Å². The Balaban J connectivity index is 1.85. The number of allylic oxidation sites excluding steroid dienone is 8. The third-order valence-electron chi connectivity index (χ3n) is 5.79. The maximum atomic E-state index is 13.6. The Kier molecular flexibility index (Phi) is 8.80. The summed E-state index contributed by atoms with van der Waals surface area (Å²) in [6.45, 7) is 10.2. The molecule has 0 spiro atoms. The lowest BCUT2D eigenvalue weighted by Gasteiger charge is -2.15. The molecular weight excluding hydrogens is 425 g/mol. The van der Waals surface area contributed by atoms with Crippen LogP contribution >= 0.6 is 0 Å². The van der Waals surface area contributed by atoms with Crippen molar-refractivity contribution in [3.05, 3.63) is 125 Å². The van der Waals surface area contributed by atoms with E-state index < -0.39 is 0 Å². The zero-order chi connectivity index (χ0) is 24.5. The Labute approximate surface area is 201 Å². The first-order valence-corrected chi connectivity index (χ1v) is 11.6. The summed E-state index contributed by atoms with van der Waals surface area (Å²) in [4.78, 5) is 30.1. The molecule has 174 valence electrons. The minimum Gasteiger partial charge on any atom is -0.295 e. The number of ketones is 2. The number of rotatable bonds is 11. The fraction of sp³-hybridized carbons (Fsp3) is 0.233. The molecule has 2 aromatic rings. The van der Waals surface area contributed by atoms with Gasteiger partial charge in [0.15, 0.2) is 11.6 Å². The minimum atomic E-state index is -0.275. The second-order valence-electron chi connectivity index (χ2n) is 8.47. The number of hydrogen-bond acceptors (Lipinski definition) is 3. The van der Waals surface area contributed by atoms with Crippen LogP contribution in [0.3, 0.4) is 0 Å². The van der Waals surface area contributed by atoms with E-state index in [0.29, 0.717) is 48.8 Å². The van der Waals surface area contributed by atoms with Gasteiger partial charge in [-0.2, -0.15) is 0 Å². The normalized spacial score (nSPS) is 13.3. The van der Waals surface area contributed by atoms with Gasteiger partial charge in [-0.05, 0) is 77.3 Å². The number of Topliss-reactive ketones (excluding diaryl/α,β-unsaturated/α-hetero) is 2. The van der Waals surface area contributed by atoms with E-state index in [1.165, 1.54) is 12.1 Å². The minimum absolute atomic E-state index is 0.0857. The molecule has 4 heteroatoms. The van der Waals surface area contributed by atoms with Gasteiger partial charge in [-0.25, -0.2) is 4.39 Å². The zero-order valence-electron chi connectivity index (χ0n) is 19.6. The number of hydrogen-bond donors (Lipinski definition) is 0. The van der Waals surface area contributed by atoms with Crippen LogP contribution in [0.4, 0.5) is 4.39 Å². The first-order valence-electron chi connectivity index (χ1n) is 11.6. The molecule has 0 bridgehead atoms. The van der Waals surface area contributed by atoms with E-state index in [1.807, 2.05) is 31.2 Å². The number of aryl methyl sites for hydroxylation is 1. The van der Waals surface area contributed by atoms with Crippen molar-refractivity contribution in [2.75, 3.05) is 0 Å². The van der Waals surface area contributed by atoms with Gasteiger partial charge in [0.1, 0.15) is 5.82 Å². The highest BCUT2D eigenvalue weighted by molar-refractivity contribution is 6.12. The molecule has 0 amide bonds. The molecule has 0 N–H and O–H groups in total. The zero-order valence-corrected chi connectivity index (χ0v) is 19.6. The lowest BCUT2D eigenvalue weighted by Crippen LogP contribution is -2.11. The molecule has 34 heavy (non-hydrogen) atoms. The van der Waals surface area contributed by atoms with Gasteiger partial charge in [-0.1, -0.05) is 56.5 Å². The van der Waals surface area contributed by atoms with Gasteiger partial charge in [0.05, 0.1) is 0 Å². The molecule has 1 aromatic carbocycles. The third kappa shape index (κ3) is 6.67. The molecule has 0 fully saturated rings. The van der Waals surface area contributed by atoms with E-state index in [9.17, 15) is 14.0 Å². The second kappa shape index (κ2) is 12.0. The summed E-state index contributed by atoms with van der Waals surface area (Å²) in [5.74, 6) is -0.368. The van der Waals surface area contributed by atoms with Gasteiger partial charge in [-0.3, -0.25) is 14.6 Å². The molecule has 3 rings (SSSR count). The number of pyridine rings is 1. The number of benzene rings is 1. The average molecular weight is 456 g/mol. The van der Waals surface area contributed by atoms with E-state index in [0.717, 1.165) is 28.7 Å². The van der Waals surface area contributed by atoms with E-state index in [1.54, 1.807) is 30.6 Å². The largest absolute Gasteiger partial charge is 0.295 e. The quantitative estimate of drug-likeness (QED) is 0.357. The monoisotopic (exact) mass is 455 g/mol. The van der Waals surface area contributed by atoms with Crippen molar-refractivity contribution in [2.24, 2.45) is 0 Å². The Hall–Kier alpha value is -3.66. The van der Waals surface area contributed by atoms with Crippen molar-refractivity contribution in [3.63, 3.8) is 0 Å². The average Bonchev–Trinajstić information content (AvgIpc) is 3.06. The van der Waals surface area contributed by atoms with Crippen molar-refractivity contribution >= 4 is 11.6 Å². The molecular formula is C30H30FNO2. The summed E-state index contributed by atoms with van der Waals surface area (Å²) >= 11 is 0. The summed E-state index contributed by atoms with van der Waals surface area (Å²) < 4.78 is 13.6. The summed E-state index contributed by atoms with van der Waals surface area (Å²) in [5.41, 5.74) is 4.88. The number of halogens is 1. The Morgan fingerprint density at radius 2 is 1.82 bits per heavy atom. The van der Waals surface area contributed by atoms with Gasteiger partial charge in [0.25, 0.3) is 0 Å². The van der Waals surface area contributed by atoms with Crippen molar-refractivity contribution in [2.45, 2.75) is 45.4 Å². The van der Waals surface area contributed by atoms with Gasteiger partial charge < -0.3 is 0 Å². The van der Waals surface area contributed by atoms with Crippen LogP contribution in [0.25, 0.3) is 0 Å². The van der Waals surface area contributed by atoms with Crippen molar-refractivity contribution < 1.29 is 14.0 Å². The summed E-state index contributed by atoms with van der Waals surface area (Å²) in [7, 11) is 0. The van der Waals surface area contributed by atoms with Gasteiger partial charge in [0.2, 0.25) is 0 Å². The van der Waals surface area contributed by atoms with Gasteiger partial charge in [0, 0.05) is 30.8 Å². The standard InChI is InChI=1S/C30H30FNO2/c1-4-7-29(33)25-13-15-27(21(2)11-12-23-8-5-10-26(31)19-23)28(16-14-25)30(34)22(3)18-24-9-6-17-32-20-24/h5-6,8-10,14-17,19-20H,2-4,7,11-13,18H2,1H3. The Bertz CT molecular complexity index is 1190. The van der Waals surface area contributed by atoms with E-state index >= 15 is 0 Å². The molecule has 1 heterocycles. The Morgan fingerprint density at radius 1 is 1.03 bits per heavy atom. The lowest BCUT2D eigenvalue weighted by atomic mass is 9.88. The van der Waals surface area contributed by atoms with Crippen LogP contribution < -0.4 is 0 Å². The molecule has 1 aliphatic rings. The number of nitrogens with zero attached hydrogens (tertiary/aromatic N) is 1. The first kappa shape index (κ1) is 25.0. The molecule has 0 unspecified atom stereocenters. The summed E-state index contributed by atoms with van der Waals surface area (Å²) in [5, 5.41) is 0. The van der Waals surface area contributed by atoms with Crippen LogP contribution in [0.15, 0.2) is 108 Å². The van der Waals surface area contributed by atoms with Crippen molar-refractivity contribution in [1.29, 1.82) is 0 Å². The summed E-state index contributed by atoms with van der Waals surface area (Å²) in [6.07, 6.45) is 12.0. The van der Waals surface area contributed by atoms with E-state index in [-0.39, 0.29) is 17.4 Å². The van der Waals surface area contributed by atoms with Gasteiger partial charge in [-0.15, -0.1) is 0 Å². The molecule has 1 aliphatic carbocycles. The van der Waals surface area contributed by atoms with Crippen LogP contribution in [0.1, 0.15) is 43.7 Å². The molecule has 0 saturated carbocycles. The molecule has 0 radical (unpaired) electrons. The second-order valence-corrected chi connectivity index (χ2v) is 8.47. The van der Waals surface area contributed by atoms with Crippen molar-refractivity contribution in [3.8, 4) is 0 Å². The highest BCUT2D eigenvalue weighted by atomic mass is 19.1. The fourth-order valence-corrected chi connectivity index (χ4v) is 3.93. The molecule has 1 aromatic heterocycles. The topological polar surface area (TPSA) is 47.0 Å². The first-order chi connectivity index (χ1) is 16.4. The maximum absolute atomic E-state index is 13.6. The van der Waals surface area contributed by atoms with Crippen LogP contribution in [0, 0.1) is 5.82 Å².